The summed E-state index contributed by atoms with van der Waals surface area (Å²) in [5.41, 5.74) is 8.46. The van der Waals surface area contributed by atoms with E-state index in [-0.39, 0.29) is 6.71 Å². The van der Waals surface area contributed by atoms with Gasteiger partial charge in [-0.3, -0.25) is 0 Å². The molecule has 5 aromatic carbocycles. The highest BCUT2D eigenvalue weighted by molar-refractivity contribution is 7.00. The van der Waals surface area contributed by atoms with Gasteiger partial charge in [0.05, 0.1) is 5.39 Å². The van der Waals surface area contributed by atoms with Crippen molar-refractivity contribution in [3.8, 4) is 23.0 Å². The predicted octanol–water partition coefficient (Wildman–Crippen LogP) is 6.10. The molecule has 4 nitrogen and oxygen atoms in total. The van der Waals surface area contributed by atoms with Crippen molar-refractivity contribution in [2.24, 2.45) is 0 Å². The number of fused-ring (bicyclic) bond motifs is 4. The van der Waals surface area contributed by atoms with Crippen molar-refractivity contribution < 1.29 is 13.9 Å². The van der Waals surface area contributed by atoms with E-state index >= 15 is 0 Å². The first-order valence-electron chi connectivity index (χ1n) is 11.8. The molecule has 3 aliphatic rings. The summed E-state index contributed by atoms with van der Waals surface area (Å²) in [6.07, 6.45) is 0. The van der Waals surface area contributed by atoms with Gasteiger partial charge in [0.25, 0.3) is 6.71 Å². The molecule has 35 heavy (non-hydrogen) atoms. The molecule has 4 heterocycles. The zero-order chi connectivity index (χ0) is 22.7. The number of ether oxygens (including phenoxy) is 2. The van der Waals surface area contributed by atoms with Crippen molar-refractivity contribution in [2.75, 3.05) is 4.90 Å². The predicted molar refractivity (Wildman–Crippen MR) is 140 cm³/mol. The Morgan fingerprint density at radius 1 is 0.571 bits per heavy atom. The quantitative estimate of drug-likeness (QED) is 0.284. The minimum atomic E-state index is 0.0259. The van der Waals surface area contributed by atoms with E-state index in [4.69, 9.17) is 13.9 Å². The van der Waals surface area contributed by atoms with E-state index in [1.165, 1.54) is 10.9 Å². The standard InChI is InChI=1S/C30H16BNO3/c1-2-8-17(9-3-1)32-19-11-6-14-22-27(19)31-28-20(32)12-7-15-23(28)35-30-26-18-10-4-5-13-21(18)33-24(26)16-25(34-22)29(30)31/h1-16H. The summed E-state index contributed by atoms with van der Waals surface area (Å²) in [7, 11) is 0. The van der Waals surface area contributed by atoms with Crippen LogP contribution < -0.4 is 30.8 Å². The zero-order valence-corrected chi connectivity index (χ0v) is 18.5. The van der Waals surface area contributed by atoms with E-state index in [0.29, 0.717) is 0 Å². The van der Waals surface area contributed by atoms with Crippen LogP contribution >= 0.6 is 0 Å². The lowest BCUT2D eigenvalue weighted by atomic mass is 9.33. The molecule has 0 saturated carbocycles. The van der Waals surface area contributed by atoms with Crippen molar-refractivity contribution in [3.05, 3.63) is 97.1 Å². The Balaban J connectivity index is 1.43. The van der Waals surface area contributed by atoms with Gasteiger partial charge < -0.3 is 18.8 Å². The van der Waals surface area contributed by atoms with Crippen LogP contribution in [0.15, 0.2) is 101 Å². The van der Waals surface area contributed by atoms with E-state index in [1.54, 1.807) is 0 Å². The van der Waals surface area contributed by atoms with Gasteiger partial charge in [-0.1, -0.05) is 48.5 Å². The van der Waals surface area contributed by atoms with Crippen LogP contribution in [0.1, 0.15) is 0 Å². The number of anilines is 3. The fraction of sp³-hybridized carbons (Fsp3) is 0. The van der Waals surface area contributed by atoms with Gasteiger partial charge in [0.2, 0.25) is 0 Å². The lowest BCUT2D eigenvalue weighted by molar-refractivity contribution is 0.467. The molecule has 0 amide bonds. The van der Waals surface area contributed by atoms with Gasteiger partial charge in [0.15, 0.2) is 0 Å². The molecule has 6 aromatic rings. The maximum Gasteiger partial charge on any atom is 0.266 e. The summed E-state index contributed by atoms with van der Waals surface area (Å²) in [6.45, 7) is 0.0259. The molecule has 1 aromatic heterocycles. The topological polar surface area (TPSA) is 34.8 Å². The maximum absolute atomic E-state index is 6.75. The van der Waals surface area contributed by atoms with Gasteiger partial charge in [-0.05, 0) is 53.4 Å². The second kappa shape index (κ2) is 6.07. The summed E-state index contributed by atoms with van der Waals surface area (Å²) in [4.78, 5) is 2.32. The zero-order valence-electron chi connectivity index (χ0n) is 18.5. The van der Waals surface area contributed by atoms with Gasteiger partial charge in [0.1, 0.15) is 34.2 Å². The number of benzene rings is 5. The Hall–Kier alpha value is -4.64. The van der Waals surface area contributed by atoms with Crippen LogP contribution in [-0.4, -0.2) is 6.71 Å². The highest BCUT2D eigenvalue weighted by Gasteiger charge is 2.48. The normalized spacial score (nSPS) is 14.1. The highest BCUT2D eigenvalue weighted by Crippen LogP contribution is 2.48. The van der Waals surface area contributed by atoms with Crippen LogP contribution in [0.2, 0.25) is 0 Å². The Morgan fingerprint density at radius 2 is 1.29 bits per heavy atom. The Kier molecular flexibility index (Phi) is 3.09. The largest absolute Gasteiger partial charge is 0.458 e. The monoisotopic (exact) mass is 449 g/mol. The second-order valence-corrected chi connectivity index (χ2v) is 9.27. The van der Waals surface area contributed by atoms with Crippen LogP contribution in [0.5, 0.6) is 23.0 Å². The fourth-order valence-corrected chi connectivity index (χ4v) is 6.17. The van der Waals surface area contributed by atoms with Crippen molar-refractivity contribution >= 4 is 62.1 Å². The first kappa shape index (κ1) is 17.8. The van der Waals surface area contributed by atoms with Gasteiger partial charge >= 0.3 is 0 Å². The lowest BCUT2D eigenvalue weighted by Gasteiger charge is -2.42. The third-order valence-electron chi connectivity index (χ3n) is 7.50. The summed E-state index contributed by atoms with van der Waals surface area (Å²) in [5.74, 6) is 3.40. The molecule has 0 fully saturated rings. The molecule has 3 aliphatic heterocycles. The molecule has 0 saturated heterocycles. The smallest absolute Gasteiger partial charge is 0.266 e. The average molecular weight is 449 g/mol. The van der Waals surface area contributed by atoms with E-state index < -0.39 is 0 Å². The number of nitrogens with zero attached hydrogens (tertiary/aromatic N) is 1. The van der Waals surface area contributed by atoms with Crippen molar-refractivity contribution in [1.29, 1.82) is 0 Å². The number of para-hydroxylation sites is 2. The first-order chi connectivity index (χ1) is 17.4. The molecule has 9 rings (SSSR count). The Labute approximate surface area is 201 Å². The third-order valence-corrected chi connectivity index (χ3v) is 7.50. The fourth-order valence-electron chi connectivity index (χ4n) is 6.17. The van der Waals surface area contributed by atoms with Crippen LogP contribution in [0.4, 0.5) is 17.1 Å². The number of hydrogen-bond acceptors (Lipinski definition) is 4. The number of furan rings is 1. The molecule has 0 bridgehead atoms. The number of hydrogen-bond donors (Lipinski definition) is 0. The number of rotatable bonds is 1. The minimum Gasteiger partial charge on any atom is -0.458 e. The SMILES string of the molecule is c1ccc(N2c3cccc4c3B3c5c(cccc52)Oc2c3c(cc3oc5ccccc5c23)O4)cc1. The summed E-state index contributed by atoms with van der Waals surface area (Å²) in [5, 5.41) is 2.06. The molecule has 0 atom stereocenters. The minimum absolute atomic E-state index is 0.0259. The van der Waals surface area contributed by atoms with Crippen LogP contribution in [0.3, 0.4) is 0 Å². The molecule has 162 valence electrons. The average Bonchev–Trinajstić information content (AvgIpc) is 3.28. The maximum atomic E-state index is 6.75. The Bertz CT molecular complexity index is 1860. The molecule has 0 spiro atoms. The van der Waals surface area contributed by atoms with Crippen LogP contribution in [0, 0.1) is 0 Å². The van der Waals surface area contributed by atoms with E-state index in [1.807, 2.05) is 30.3 Å². The van der Waals surface area contributed by atoms with Crippen molar-refractivity contribution in [3.63, 3.8) is 0 Å². The summed E-state index contributed by atoms with van der Waals surface area (Å²) in [6, 6.07) is 33.3. The van der Waals surface area contributed by atoms with Gasteiger partial charge in [-0.25, -0.2) is 0 Å². The molecular weight excluding hydrogens is 433 g/mol. The Morgan fingerprint density at radius 3 is 2.09 bits per heavy atom. The third kappa shape index (κ3) is 2.10. The van der Waals surface area contributed by atoms with Gasteiger partial charge in [-0.15, -0.1) is 0 Å². The lowest BCUT2D eigenvalue weighted by Crippen LogP contribution is -2.61. The van der Waals surface area contributed by atoms with Crippen molar-refractivity contribution in [1.82, 2.24) is 0 Å². The molecule has 0 aliphatic carbocycles. The molecular formula is C30H16BNO3. The molecule has 5 heteroatoms. The summed E-state index contributed by atoms with van der Waals surface area (Å²) >= 11 is 0. The molecule has 0 N–H and O–H groups in total. The van der Waals surface area contributed by atoms with E-state index in [0.717, 1.165) is 67.5 Å². The van der Waals surface area contributed by atoms with E-state index in [2.05, 4.69) is 71.6 Å². The van der Waals surface area contributed by atoms with E-state index in [9.17, 15) is 0 Å². The van der Waals surface area contributed by atoms with Gasteiger partial charge in [0, 0.05) is 34.0 Å². The van der Waals surface area contributed by atoms with Gasteiger partial charge in [-0.2, -0.15) is 0 Å². The second-order valence-electron chi connectivity index (χ2n) is 9.27. The highest BCUT2D eigenvalue weighted by atomic mass is 16.5. The van der Waals surface area contributed by atoms with Crippen LogP contribution in [0.25, 0.3) is 21.9 Å². The molecule has 0 radical (unpaired) electrons. The molecule has 0 unspecified atom stereocenters. The first-order valence-corrected chi connectivity index (χ1v) is 11.8. The van der Waals surface area contributed by atoms with Crippen molar-refractivity contribution in [2.45, 2.75) is 0 Å². The van der Waals surface area contributed by atoms with Crippen LogP contribution in [-0.2, 0) is 0 Å². The summed E-state index contributed by atoms with van der Waals surface area (Å²) < 4.78 is 19.6.